The van der Waals surface area contributed by atoms with Gasteiger partial charge in [-0.05, 0) is 0 Å². The average molecular weight is 262 g/mol. The first-order chi connectivity index (χ1) is 5.35. The van der Waals surface area contributed by atoms with Crippen molar-refractivity contribution in [2.45, 2.75) is 59.8 Å². The van der Waals surface area contributed by atoms with Gasteiger partial charge in [-0.2, -0.15) is 0 Å². The van der Waals surface area contributed by atoms with E-state index in [9.17, 15) is 0 Å². The van der Waals surface area contributed by atoms with Crippen LogP contribution in [-0.4, -0.2) is 19.8 Å². The monoisotopic (exact) mass is 263 g/mol. The predicted molar refractivity (Wildman–Crippen MR) is 55.7 cm³/mol. The van der Waals surface area contributed by atoms with Crippen LogP contribution < -0.4 is 0 Å². The molecule has 0 aliphatic heterocycles. The van der Waals surface area contributed by atoms with Gasteiger partial charge < -0.3 is 0 Å². The summed E-state index contributed by atoms with van der Waals surface area (Å²) in [6.07, 6.45) is 5.87. The van der Waals surface area contributed by atoms with Crippen LogP contribution in [0, 0.1) is 0 Å². The molecule has 0 heterocycles. The molecule has 0 radical (unpaired) electrons. The van der Waals surface area contributed by atoms with Gasteiger partial charge in [-0.25, -0.2) is 0 Å². The van der Waals surface area contributed by atoms with Crippen molar-refractivity contribution in [2.75, 3.05) is 0 Å². The molecule has 0 unspecified atom stereocenters. The fraction of sp³-hybridized carbons (Fsp3) is 1.00. The van der Waals surface area contributed by atoms with Gasteiger partial charge in [0.15, 0.2) is 0 Å². The summed E-state index contributed by atoms with van der Waals surface area (Å²) in [5.41, 5.74) is 0. The number of hydrogen-bond donors (Lipinski definition) is 0. The number of rotatable bonds is 7. The van der Waals surface area contributed by atoms with E-state index in [0.29, 0.717) is 0 Å². The van der Waals surface area contributed by atoms with Gasteiger partial charge in [0.2, 0.25) is 0 Å². The zero-order chi connectivity index (χ0) is 8.53. The summed E-state index contributed by atoms with van der Waals surface area (Å²) in [5, 5.41) is 0. The van der Waals surface area contributed by atoms with Crippen LogP contribution in [0.4, 0.5) is 0 Å². The van der Waals surface area contributed by atoms with Crippen LogP contribution in [0.2, 0.25) is 13.3 Å². The van der Waals surface area contributed by atoms with Crippen molar-refractivity contribution in [2.24, 2.45) is 0 Å². The SMILES string of the molecule is CCC[CH2][Sn+]([CH2]C)[CH2]CCC. The first kappa shape index (κ1) is 11.8. The summed E-state index contributed by atoms with van der Waals surface area (Å²) in [4.78, 5) is 0. The second-order valence-electron chi connectivity index (χ2n) is 3.31. The molecule has 0 fully saturated rings. The molecule has 11 heavy (non-hydrogen) atoms. The van der Waals surface area contributed by atoms with Crippen molar-refractivity contribution in [3.05, 3.63) is 0 Å². The maximum atomic E-state index is 2.42. The number of unbranched alkanes of at least 4 members (excludes halogenated alkanes) is 2. The van der Waals surface area contributed by atoms with Crippen LogP contribution in [0.5, 0.6) is 0 Å². The van der Waals surface area contributed by atoms with Gasteiger partial charge in [0, 0.05) is 0 Å². The molecule has 0 aliphatic carbocycles. The van der Waals surface area contributed by atoms with Crippen LogP contribution >= 0.6 is 0 Å². The van der Waals surface area contributed by atoms with E-state index in [1.54, 1.807) is 13.3 Å². The predicted octanol–water partition coefficient (Wildman–Crippen LogP) is 4.10. The van der Waals surface area contributed by atoms with Gasteiger partial charge in [-0.3, -0.25) is 0 Å². The second kappa shape index (κ2) is 8.89. The average Bonchev–Trinajstić information content (AvgIpc) is 2.05. The summed E-state index contributed by atoms with van der Waals surface area (Å²) in [5.74, 6) is 0. The van der Waals surface area contributed by atoms with Crippen molar-refractivity contribution in [3.63, 3.8) is 0 Å². The van der Waals surface area contributed by atoms with E-state index < -0.39 is 19.8 Å². The molecule has 0 rings (SSSR count). The van der Waals surface area contributed by atoms with Gasteiger partial charge in [0.1, 0.15) is 0 Å². The van der Waals surface area contributed by atoms with E-state index in [1.807, 2.05) is 0 Å². The normalized spacial score (nSPS) is 10.1. The van der Waals surface area contributed by atoms with Crippen LogP contribution in [0.3, 0.4) is 0 Å². The molecular weight excluding hydrogens is 239 g/mol. The van der Waals surface area contributed by atoms with E-state index in [2.05, 4.69) is 20.8 Å². The van der Waals surface area contributed by atoms with Crippen molar-refractivity contribution in [3.8, 4) is 0 Å². The van der Waals surface area contributed by atoms with Crippen molar-refractivity contribution >= 4 is 19.8 Å². The van der Waals surface area contributed by atoms with Gasteiger partial charge in [0.25, 0.3) is 0 Å². The summed E-state index contributed by atoms with van der Waals surface area (Å²) < 4.78 is 4.91. The van der Waals surface area contributed by atoms with Crippen LogP contribution in [0.1, 0.15) is 46.5 Å². The molecule has 0 amide bonds. The third-order valence-electron chi connectivity index (χ3n) is 2.27. The summed E-state index contributed by atoms with van der Waals surface area (Å²) in [6.45, 7) is 7.05. The zero-order valence-corrected chi connectivity index (χ0v) is 11.3. The summed E-state index contributed by atoms with van der Waals surface area (Å²) in [7, 11) is 0. The van der Waals surface area contributed by atoms with E-state index in [4.69, 9.17) is 0 Å². The molecule has 0 aliphatic rings. The summed E-state index contributed by atoms with van der Waals surface area (Å²) >= 11 is -0.777. The minimum atomic E-state index is -0.777. The first-order valence-corrected chi connectivity index (χ1v) is 11.2. The molecule has 0 bridgehead atoms. The molecule has 0 aromatic heterocycles. The standard InChI is InChI=1S/2C4H9.C2H5.Sn/c2*1-3-4-2;1-2;/h2*1,3-4H2,2H3;1H2,2H3;/q;;;+1. The third kappa shape index (κ3) is 7.17. The van der Waals surface area contributed by atoms with Crippen LogP contribution in [-0.2, 0) is 0 Å². The van der Waals surface area contributed by atoms with Gasteiger partial charge in [-0.1, -0.05) is 0 Å². The minimum absolute atomic E-state index is 0.777. The Kier molecular flexibility index (Phi) is 9.54. The van der Waals surface area contributed by atoms with E-state index in [1.165, 1.54) is 25.7 Å². The van der Waals surface area contributed by atoms with Crippen molar-refractivity contribution in [1.29, 1.82) is 0 Å². The van der Waals surface area contributed by atoms with Gasteiger partial charge in [-0.15, -0.1) is 0 Å². The van der Waals surface area contributed by atoms with Gasteiger partial charge >= 0.3 is 79.5 Å². The van der Waals surface area contributed by atoms with Gasteiger partial charge in [0.05, 0.1) is 0 Å². The fourth-order valence-electron chi connectivity index (χ4n) is 1.33. The Bertz CT molecular complexity index is 63.3. The molecule has 0 saturated carbocycles. The Balaban J connectivity index is 3.25. The molecule has 0 N–H and O–H groups in total. The molecule has 66 valence electrons. The first-order valence-electron chi connectivity index (χ1n) is 5.18. The molecule has 1 heteroatoms. The molecule has 0 spiro atoms. The Labute approximate surface area is 79.5 Å². The fourth-order valence-corrected chi connectivity index (χ4v) is 8.94. The second-order valence-corrected chi connectivity index (χ2v) is 12.5. The zero-order valence-electron chi connectivity index (χ0n) is 8.45. The Morgan fingerprint density at radius 3 is 1.55 bits per heavy atom. The number of hydrogen-bond acceptors (Lipinski definition) is 0. The molecule has 0 aromatic rings. The molecule has 0 aromatic carbocycles. The topological polar surface area (TPSA) is 0 Å². The Hall–Kier alpha value is 0.799. The Morgan fingerprint density at radius 1 is 0.818 bits per heavy atom. The van der Waals surface area contributed by atoms with Crippen LogP contribution in [0.15, 0.2) is 0 Å². The van der Waals surface area contributed by atoms with Crippen molar-refractivity contribution in [1.82, 2.24) is 0 Å². The molecular formula is C10H23Sn+. The molecule has 0 atom stereocenters. The van der Waals surface area contributed by atoms with Crippen LogP contribution in [0.25, 0.3) is 0 Å². The van der Waals surface area contributed by atoms with E-state index >= 15 is 0 Å². The maximum absolute atomic E-state index is 2.42. The molecule has 0 nitrogen and oxygen atoms in total. The van der Waals surface area contributed by atoms with E-state index in [0.717, 1.165) is 0 Å². The van der Waals surface area contributed by atoms with Crippen molar-refractivity contribution < 1.29 is 0 Å². The summed E-state index contributed by atoms with van der Waals surface area (Å²) in [6, 6.07) is 0. The quantitative estimate of drug-likeness (QED) is 0.606. The Morgan fingerprint density at radius 2 is 1.27 bits per heavy atom. The molecule has 0 saturated heterocycles. The third-order valence-corrected chi connectivity index (χ3v) is 11.2. The van der Waals surface area contributed by atoms with E-state index in [-0.39, 0.29) is 0 Å².